The van der Waals surface area contributed by atoms with Gasteiger partial charge in [-0.05, 0) is 55.4 Å². The van der Waals surface area contributed by atoms with Gasteiger partial charge in [-0.3, -0.25) is 4.79 Å². The first-order chi connectivity index (χ1) is 12.5. The third kappa shape index (κ3) is 4.76. The Balaban J connectivity index is 1.80. The van der Waals surface area contributed by atoms with Gasteiger partial charge in [-0.25, -0.2) is 0 Å². The molecule has 1 aliphatic carbocycles. The van der Waals surface area contributed by atoms with Crippen molar-refractivity contribution in [3.05, 3.63) is 63.6 Å². The molecule has 2 N–H and O–H groups in total. The van der Waals surface area contributed by atoms with Crippen LogP contribution in [0.3, 0.4) is 0 Å². The van der Waals surface area contributed by atoms with E-state index in [9.17, 15) is 4.79 Å². The van der Waals surface area contributed by atoms with Crippen LogP contribution in [0.25, 0.3) is 0 Å². The number of ketones is 1. The van der Waals surface area contributed by atoms with E-state index < -0.39 is 0 Å². The molecule has 0 unspecified atom stereocenters. The Labute approximate surface area is 169 Å². The van der Waals surface area contributed by atoms with Crippen LogP contribution >= 0.6 is 35.4 Å². The van der Waals surface area contributed by atoms with Gasteiger partial charge in [-0.1, -0.05) is 54.6 Å². The van der Waals surface area contributed by atoms with Crippen LogP contribution in [0.1, 0.15) is 48.0 Å². The first-order valence-electron chi connectivity index (χ1n) is 8.71. The molecule has 6 heteroatoms. The zero-order valence-corrected chi connectivity index (χ0v) is 16.6. The van der Waals surface area contributed by atoms with Crippen molar-refractivity contribution in [1.29, 1.82) is 0 Å². The van der Waals surface area contributed by atoms with Crippen LogP contribution in [0, 0.1) is 0 Å². The van der Waals surface area contributed by atoms with E-state index in [1.165, 1.54) is 19.3 Å². The van der Waals surface area contributed by atoms with Crippen molar-refractivity contribution in [1.82, 2.24) is 5.32 Å². The molecule has 0 aliphatic heterocycles. The molecule has 0 spiro atoms. The maximum absolute atomic E-state index is 13.0. The van der Waals surface area contributed by atoms with Crippen molar-refractivity contribution in [3.8, 4) is 0 Å². The Morgan fingerprint density at radius 1 is 1.00 bits per heavy atom. The van der Waals surface area contributed by atoms with Crippen molar-refractivity contribution in [2.24, 2.45) is 0 Å². The van der Waals surface area contributed by atoms with Crippen LogP contribution < -0.4 is 10.6 Å². The summed E-state index contributed by atoms with van der Waals surface area (Å²) in [5.41, 5.74) is 1.50. The molecule has 2 aromatic carbocycles. The summed E-state index contributed by atoms with van der Waals surface area (Å²) in [7, 11) is 0. The molecule has 1 saturated carbocycles. The third-order valence-corrected chi connectivity index (χ3v) is 5.32. The molecule has 0 amide bonds. The Morgan fingerprint density at radius 3 is 2.46 bits per heavy atom. The highest BCUT2D eigenvalue weighted by Gasteiger charge is 2.19. The monoisotopic (exact) mass is 406 g/mol. The van der Waals surface area contributed by atoms with Crippen molar-refractivity contribution in [2.45, 2.75) is 38.1 Å². The fraction of sp³-hybridized carbons (Fsp3) is 0.300. The quantitative estimate of drug-likeness (QED) is 0.493. The van der Waals surface area contributed by atoms with Crippen LogP contribution in [0.4, 0.5) is 5.69 Å². The second-order valence-corrected chi connectivity index (χ2v) is 7.68. The molecular weight excluding hydrogens is 387 g/mol. The molecular formula is C20H20Cl2N2OS. The number of hydrogen-bond acceptors (Lipinski definition) is 2. The molecule has 1 aliphatic rings. The molecule has 0 bridgehead atoms. The number of hydrogen-bond donors (Lipinski definition) is 2. The van der Waals surface area contributed by atoms with Crippen LogP contribution in [0.5, 0.6) is 0 Å². The summed E-state index contributed by atoms with van der Waals surface area (Å²) in [5.74, 6) is -0.193. The normalized spacial score (nSPS) is 14.7. The molecule has 0 saturated heterocycles. The zero-order chi connectivity index (χ0) is 18.5. The van der Waals surface area contributed by atoms with Crippen molar-refractivity contribution >= 4 is 52.0 Å². The number of carbonyl (C=O) groups excluding carboxylic acids is 1. The first-order valence-corrected chi connectivity index (χ1v) is 9.87. The van der Waals surface area contributed by atoms with Crippen LogP contribution in [0.2, 0.25) is 10.0 Å². The lowest BCUT2D eigenvalue weighted by Gasteiger charge is -2.24. The molecule has 26 heavy (non-hydrogen) atoms. The van der Waals surface area contributed by atoms with E-state index in [0.29, 0.717) is 38.0 Å². The summed E-state index contributed by atoms with van der Waals surface area (Å²) >= 11 is 17.7. The topological polar surface area (TPSA) is 41.1 Å². The van der Waals surface area contributed by atoms with E-state index in [-0.39, 0.29) is 5.78 Å². The molecule has 0 atom stereocenters. The fourth-order valence-corrected chi connectivity index (χ4v) is 3.86. The van der Waals surface area contributed by atoms with E-state index in [0.717, 1.165) is 12.8 Å². The standard InChI is InChI=1S/C20H20Cl2N2OS/c21-13-10-11-18(24-20(26)23-14-6-2-1-3-7-14)16(12-13)19(25)15-8-4-5-9-17(15)22/h4-5,8-12,14H,1-3,6-7H2,(H2,23,24,26). The molecule has 136 valence electrons. The predicted octanol–water partition coefficient (Wildman–Crippen LogP) is 5.84. The highest BCUT2D eigenvalue weighted by atomic mass is 35.5. The van der Waals surface area contributed by atoms with Gasteiger partial charge < -0.3 is 10.6 Å². The van der Waals surface area contributed by atoms with E-state index in [1.807, 2.05) is 0 Å². The number of anilines is 1. The molecule has 2 aromatic rings. The second-order valence-electron chi connectivity index (χ2n) is 6.43. The Hall–Kier alpha value is -1.62. The van der Waals surface area contributed by atoms with Gasteiger partial charge in [0.2, 0.25) is 0 Å². The van der Waals surface area contributed by atoms with Gasteiger partial charge in [0.25, 0.3) is 0 Å². The summed E-state index contributed by atoms with van der Waals surface area (Å²) in [6.45, 7) is 0. The van der Waals surface area contributed by atoms with Crippen LogP contribution in [0.15, 0.2) is 42.5 Å². The van der Waals surface area contributed by atoms with E-state index >= 15 is 0 Å². The lowest BCUT2D eigenvalue weighted by molar-refractivity contribution is 0.103. The van der Waals surface area contributed by atoms with E-state index in [1.54, 1.807) is 42.5 Å². The summed E-state index contributed by atoms with van der Waals surface area (Å²) in [4.78, 5) is 13.0. The Morgan fingerprint density at radius 2 is 1.73 bits per heavy atom. The summed E-state index contributed by atoms with van der Waals surface area (Å²) in [6.07, 6.45) is 5.96. The molecule has 1 fully saturated rings. The zero-order valence-electron chi connectivity index (χ0n) is 14.2. The maximum atomic E-state index is 13.0. The van der Waals surface area contributed by atoms with Crippen LogP contribution in [-0.4, -0.2) is 16.9 Å². The maximum Gasteiger partial charge on any atom is 0.196 e. The molecule has 3 nitrogen and oxygen atoms in total. The highest BCUT2D eigenvalue weighted by molar-refractivity contribution is 7.80. The van der Waals surface area contributed by atoms with Gasteiger partial charge >= 0.3 is 0 Å². The molecule has 0 heterocycles. The Kier molecular flexibility index (Phi) is 6.52. The first kappa shape index (κ1) is 19.2. The van der Waals surface area contributed by atoms with E-state index in [4.69, 9.17) is 35.4 Å². The van der Waals surface area contributed by atoms with Gasteiger partial charge in [-0.15, -0.1) is 0 Å². The van der Waals surface area contributed by atoms with Crippen molar-refractivity contribution in [3.63, 3.8) is 0 Å². The van der Waals surface area contributed by atoms with Gasteiger partial charge in [0.15, 0.2) is 10.9 Å². The Bertz CT molecular complexity index is 819. The van der Waals surface area contributed by atoms with Gasteiger partial charge in [0, 0.05) is 22.2 Å². The van der Waals surface area contributed by atoms with Gasteiger partial charge in [0.05, 0.1) is 10.7 Å². The van der Waals surface area contributed by atoms with E-state index in [2.05, 4.69) is 10.6 Å². The second kappa shape index (κ2) is 8.85. The number of thiocarbonyl (C=S) groups is 1. The average Bonchev–Trinajstić information content (AvgIpc) is 2.64. The third-order valence-electron chi connectivity index (χ3n) is 4.53. The fourth-order valence-electron chi connectivity index (χ4n) is 3.19. The lowest BCUT2D eigenvalue weighted by atomic mass is 9.96. The van der Waals surface area contributed by atoms with Crippen molar-refractivity contribution < 1.29 is 4.79 Å². The largest absolute Gasteiger partial charge is 0.360 e. The number of benzene rings is 2. The summed E-state index contributed by atoms with van der Waals surface area (Å²) in [5, 5.41) is 7.92. The minimum Gasteiger partial charge on any atom is -0.360 e. The summed E-state index contributed by atoms with van der Waals surface area (Å²) in [6, 6.07) is 12.5. The number of rotatable bonds is 4. The lowest BCUT2D eigenvalue weighted by Crippen LogP contribution is -2.39. The van der Waals surface area contributed by atoms with Crippen LogP contribution in [-0.2, 0) is 0 Å². The molecule has 0 radical (unpaired) electrons. The molecule has 3 rings (SSSR count). The minimum absolute atomic E-state index is 0.193. The SMILES string of the molecule is O=C(c1ccccc1Cl)c1cc(Cl)ccc1NC(=S)NC1CCCCC1. The highest BCUT2D eigenvalue weighted by Crippen LogP contribution is 2.27. The summed E-state index contributed by atoms with van der Waals surface area (Å²) < 4.78 is 0. The number of nitrogens with one attached hydrogen (secondary N) is 2. The molecule has 0 aromatic heterocycles. The number of carbonyl (C=O) groups is 1. The van der Waals surface area contributed by atoms with Gasteiger partial charge in [0.1, 0.15) is 0 Å². The minimum atomic E-state index is -0.193. The predicted molar refractivity (Wildman–Crippen MR) is 113 cm³/mol. The van der Waals surface area contributed by atoms with Gasteiger partial charge in [-0.2, -0.15) is 0 Å². The smallest absolute Gasteiger partial charge is 0.196 e. The average molecular weight is 407 g/mol. The number of halogens is 2. The van der Waals surface area contributed by atoms with Crippen molar-refractivity contribution in [2.75, 3.05) is 5.32 Å².